The number of aliphatic hydroxyl groups is 2. The van der Waals surface area contributed by atoms with Crippen LogP contribution in [0.5, 0.6) is 11.5 Å². The first-order valence-corrected chi connectivity index (χ1v) is 12.2. The average Bonchev–Trinajstić information content (AvgIpc) is 3.27. The van der Waals surface area contributed by atoms with Gasteiger partial charge in [0.25, 0.3) is 5.82 Å². The number of aromatic nitrogens is 3. The molecule has 0 amide bonds. The van der Waals surface area contributed by atoms with Crippen LogP contribution in [-0.2, 0) is 11.3 Å². The van der Waals surface area contributed by atoms with E-state index in [1.807, 2.05) is 67.9 Å². The highest BCUT2D eigenvalue weighted by Gasteiger charge is 2.24. The molecule has 0 radical (unpaired) electrons. The number of H-pyrrole nitrogens is 1. The number of nitrogens with zero attached hydrogens (tertiary/aromatic N) is 2. The highest BCUT2D eigenvalue weighted by molar-refractivity contribution is 6.32. The lowest BCUT2D eigenvalue weighted by Gasteiger charge is -2.26. The van der Waals surface area contributed by atoms with E-state index in [9.17, 15) is 5.11 Å². The van der Waals surface area contributed by atoms with E-state index in [-0.39, 0.29) is 12.0 Å². The standard InChI is InChI=1S/C27H31ClN4O4/c1-27(2,3)25(34)18-5-4-6-20(15-18)36-23-8-7-19(16-21(23)28)31-26-24-22(29-17-30-26)9-10-32(24)11-13-35-14-12-33/h4-10,15-17,25,33-34H,11-14H2,1-3H3,(H,29,30,31)/p+1. The van der Waals surface area contributed by atoms with Gasteiger partial charge in [0.15, 0.2) is 11.0 Å². The SMILES string of the molecule is CC(C)(C)C(O)c1cccc(Oc2ccc(Nc3[nH+]cnc4ccn(CCOCCO)c34)cc2Cl)c1. The molecule has 0 spiro atoms. The predicted molar refractivity (Wildman–Crippen MR) is 140 cm³/mol. The summed E-state index contributed by atoms with van der Waals surface area (Å²) in [6.07, 6.45) is 2.97. The lowest BCUT2D eigenvalue weighted by Crippen LogP contribution is -2.17. The molecule has 0 fully saturated rings. The van der Waals surface area contributed by atoms with Crippen molar-refractivity contribution in [3.05, 3.63) is 71.6 Å². The van der Waals surface area contributed by atoms with Gasteiger partial charge in [-0.15, -0.1) is 4.98 Å². The summed E-state index contributed by atoms with van der Waals surface area (Å²) < 4.78 is 13.5. The van der Waals surface area contributed by atoms with Gasteiger partial charge in [-0.25, -0.2) is 4.98 Å². The number of anilines is 2. The molecule has 0 aliphatic heterocycles. The fraction of sp³-hybridized carbons (Fsp3) is 0.333. The fourth-order valence-corrected chi connectivity index (χ4v) is 4.08. The van der Waals surface area contributed by atoms with E-state index >= 15 is 0 Å². The largest absolute Gasteiger partial charge is 0.456 e. The van der Waals surface area contributed by atoms with E-state index < -0.39 is 6.10 Å². The molecule has 1 atom stereocenters. The second kappa shape index (κ2) is 11.3. The number of hydrogen-bond acceptors (Lipinski definition) is 6. The number of aliphatic hydroxyl groups excluding tert-OH is 2. The van der Waals surface area contributed by atoms with Gasteiger partial charge in [-0.1, -0.05) is 44.5 Å². The van der Waals surface area contributed by atoms with Crippen molar-refractivity contribution in [3.63, 3.8) is 0 Å². The van der Waals surface area contributed by atoms with Crippen molar-refractivity contribution < 1.29 is 24.7 Å². The van der Waals surface area contributed by atoms with Crippen molar-refractivity contribution in [2.24, 2.45) is 5.41 Å². The monoisotopic (exact) mass is 511 g/mol. The molecular formula is C27H32ClN4O4+. The Morgan fingerprint density at radius 3 is 2.72 bits per heavy atom. The maximum absolute atomic E-state index is 10.6. The summed E-state index contributed by atoms with van der Waals surface area (Å²) in [6, 6.07) is 14.8. The predicted octanol–water partition coefficient (Wildman–Crippen LogP) is 5.13. The van der Waals surface area contributed by atoms with E-state index in [2.05, 4.69) is 15.3 Å². The maximum atomic E-state index is 10.6. The molecule has 8 nitrogen and oxygen atoms in total. The molecule has 4 rings (SSSR count). The van der Waals surface area contributed by atoms with E-state index in [0.717, 1.165) is 28.1 Å². The molecule has 1 unspecified atom stereocenters. The van der Waals surface area contributed by atoms with Gasteiger partial charge >= 0.3 is 0 Å². The number of ether oxygens (including phenoxy) is 2. The Kier molecular flexibility index (Phi) is 8.11. The zero-order valence-corrected chi connectivity index (χ0v) is 21.4. The second-order valence-electron chi connectivity index (χ2n) is 9.57. The number of nitrogens with one attached hydrogen (secondary N) is 2. The van der Waals surface area contributed by atoms with Crippen molar-refractivity contribution in [2.75, 3.05) is 25.1 Å². The number of aromatic amines is 1. The van der Waals surface area contributed by atoms with Gasteiger partial charge in [-0.05, 0) is 47.4 Å². The molecule has 2 heterocycles. The molecule has 0 aliphatic rings. The number of rotatable bonds is 10. The van der Waals surface area contributed by atoms with Crippen molar-refractivity contribution in [3.8, 4) is 11.5 Å². The molecule has 0 bridgehead atoms. The Balaban J connectivity index is 1.51. The van der Waals surface area contributed by atoms with Gasteiger partial charge in [0, 0.05) is 12.7 Å². The fourth-order valence-electron chi connectivity index (χ4n) is 3.86. The summed E-state index contributed by atoms with van der Waals surface area (Å²) in [5.41, 5.74) is 3.01. The first-order valence-electron chi connectivity index (χ1n) is 11.8. The van der Waals surface area contributed by atoms with Crippen LogP contribution >= 0.6 is 11.6 Å². The summed E-state index contributed by atoms with van der Waals surface area (Å²) in [4.78, 5) is 7.57. The Labute approximate surface area is 215 Å². The Morgan fingerprint density at radius 1 is 1.14 bits per heavy atom. The van der Waals surface area contributed by atoms with Crippen LogP contribution in [0.15, 0.2) is 61.1 Å². The number of benzene rings is 2. The summed E-state index contributed by atoms with van der Waals surface area (Å²) in [5, 5.41) is 23.3. The number of halogens is 1. The van der Waals surface area contributed by atoms with E-state index in [1.165, 1.54) is 0 Å². The molecule has 9 heteroatoms. The van der Waals surface area contributed by atoms with Gasteiger partial charge in [0.2, 0.25) is 6.33 Å². The molecule has 4 aromatic rings. The zero-order valence-electron chi connectivity index (χ0n) is 20.7. The number of hydrogen-bond donors (Lipinski definition) is 3. The maximum Gasteiger partial charge on any atom is 0.251 e. The third kappa shape index (κ3) is 6.14. The van der Waals surface area contributed by atoms with Crippen LogP contribution in [0, 0.1) is 5.41 Å². The van der Waals surface area contributed by atoms with Crippen LogP contribution < -0.4 is 15.0 Å². The van der Waals surface area contributed by atoms with Gasteiger partial charge in [-0.2, -0.15) is 0 Å². The third-order valence-corrected chi connectivity index (χ3v) is 6.02. The first kappa shape index (κ1) is 25.9. The van der Waals surface area contributed by atoms with Crippen molar-refractivity contribution >= 4 is 34.1 Å². The van der Waals surface area contributed by atoms with Crippen LogP contribution in [-0.4, -0.2) is 39.6 Å². The molecule has 2 aromatic carbocycles. The molecular weight excluding hydrogens is 480 g/mol. The quantitative estimate of drug-likeness (QED) is 0.255. The van der Waals surface area contributed by atoms with Crippen LogP contribution in [0.3, 0.4) is 0 Å². The van der Waals surface area contributed by atoms with Crippen LogP contribution in [0.25, 0.3) is 11.0 Å². The Hall–Kier alpha value is -3.17. The molecule has 0 aliphatic carbocycles. The topological polar surface area (TPSA) is 103 Å². The summed E-state index contributed by atoms with van der Waals surface area (Å²) in [7, 11) is 0. The summed E-state index contributed by atoms with van der Waals surface area (Å²) in [5.74, 6) is 1.88. The van der Waals surface area contributed by atoms with Gasteiger partial charge in [0.1, 0.15) is 11.5 Å². The van der Waals surface area contributed by atoms with E-state index in [4.69, 9.17) is 26.2 Å². The van der Waals surface area contributed by atoms with Crippen LogP contribution in [0.4, 0.5) is 11.5 Å². The molecule has 190 valence electrons. The average molecular weight is 512 g/mol. The van der Waals surface area contributed by atoms with Gasteiger partial charge < -0.3 is 24.3 Å². The minimum atomic E-state index is -0.614. The van der Waals surface area contributed by atoms with Crippen molar-refractivity contribution in [2.45, 2.75) is 33.4 Å². The van der Waals surface area contributed by atoms with E-state index in [1.54, 1.807) is 18.5 Å². The smallest absolute Gasteiger partial charge is 0.251 e. The lowest BCUT2D eigenvalue weighted by molar-refractivity contribution is -0.363. The minimum Gasteiger partial charge on any atom is -0.456 e. The van der Waals surface area contributed by atoms with Gasteiger partial charge in [0.05, 0.1) is 36.6 Å². The summed E-state index contributed by atoms with van der Waals surface area (Å²) >= 11 is 6.57. The van der Waals surface area contributed by atoms with Crippen LogP contribution in [0.1, 0.15) is 32.4 Å². The Morgan fingerprint density at radius 2 is 1.97 bits per heavy atom. The highest BCUT2D eigenvalue weighted by atomic mass is 35.5. The normalized spacial score (nSPS) is 12.6. The molecule has 0 saturated heterocycles. The summed E-state index contributed by atoms with van der Waals surface area (Å²) in [6.45, 7) is 7.37. The van der Waals surface area contributed by atoms with Gasteiger partial charge in [-0.3, -0.25) is 5.32 Å². The zero-order chi connectivity index (χ0) is 25.7. The Bertz CT molecular complexity index is 1320. The highest BCUT2D eigenvalue weighted by Crippen LogP contribution is 2.36. The van der Waals surface area contributed by atoms with Crippen LogP contribution in [0.2, 0.25) is 5.02 Å². The lowest BCUT2D eigenvalue weighted by atomic mass is 9.85. The molecule has 36 heavy (non-hydrogen) atoms. The molecule has 2 aromatic heterocycles. The molecule has 4 N–H and O–H groups in total. The van der Waals surface area contributed by atoms with Crippen molar-refractivity contribution in [1.29, 1.82) is 0 Å². The van der Waals surface area contributed by atoms with E-state index in [0.29, 0.717) is 36.3 Å². The molecule has 0 saturated carbocycles. The van der Waals surface area contributed by atoms with Crippen molar-refractivity contribution in [1.82, 2.24) is 9.55 Å². The number of fused-ring (bicyclic) bond motifs is 1. The minimum absolute atomic E-state index is 0.000654. The first-order chi connectivity index (χ1) is 17.3. The second-order valence-corrected chi connectivity index (χ2v) is 9.98. The third-order valence-electron chi connectivity index (χ3n) is 5.73.